The molecule has 0 aliphatic carbocycles. The highest BCUT2D eigenvalue weighted by Crippen LogP contribution is 1.99. The predicted octanol–water partition coefficient (Wildman–Crippen LogP) is -0.521. The lowest BCUT2D eigenvalue weighted by Crippen LogP contribution is -2.42. The first-order chi connectivity index (χ1) is 8.63. The zero-order valence-electron chi connectivity index (χ0n) is 11.0. The molecule has 1 aliphatic rings. The molecular formula is C12H23N3O3. The Labute approximate surface area is 108 Å². The summed E-state index contributed by atoms with van der Waals surface area (Å²) in [6, 6.07) is -0.0973. The van der Waals surface area contributed by atoms with Gasteiger partial charge in [0, 0.05) is 38.5 Å². The SMILES string of the molecule is CCC(N)CC(=O)NCCC(=O)N1CCOCC1. The standard InChI is InChI=1S/C12H23N3O3/c1-2-10(13)9-11(16)14-4-3-12(17)15-5-7-18-8-6-15/h10H,2-9,13H2,1H3,(H,14,16). The van der Waals surface area contributed by atoms with E-state index in [9.17, 15) is 9.59 Å². The number of ether oxygens (including phenoxy) is 1. The third-order valence-corrected chi connectivity index (χ3v) is 3.00. The van der Waals surface area contributed by atoms with Crippen LogP contribution in [0.5, 0.6) is 0 Å². The second-order valence-electron chi connectivity index (χ2n) is 4.47. The monoisotopic (exact) mass is 257 g/mol. The zero-order chi connectivity index (χ0) is 13.4. The quantitative estimate of drug-likeness (QED) is 0.670. The fourth-order valence-electron chi connectivity index (χ4n) is 1.73. The average molecular weight is 257 g/mol. The van der Waals surface area contributed by atoms with E-state index < -0.39 is 0 Å². The van der Waals surface area contributed by atoms with E-state index in [0.29, 0.717) is 45.7 Å². The molecule has 18 heavy (non-hydrogen) atoms. The fourth-order valence-corrected chi connectivity index (χ4v) is 1.73. The Hall–Kier alpha value is -1.14. The van der Waals surface area contributed by atoms with Gasteiger partial charge in [-0.3, -0.25) is 9.59 Å². The largest absolute Gasteiger partial charge is 0.378 e. The molecule has 1 rings (SSSR count). The Bertz CT molecular complexity index is 278. The second kappa shape index (κ2) is 8.05. The summed E-state index contributed by atoms with van der Waals surface area (Å²) in [6.45, 7) is 4.82. The molecule has 0 saturated carbocycles. The molecule has 104 valence electrons. The first-order valence-electron chi connectivity index (χ1n) is 6.51. The van der Waals surface area contributed by atoms with Gasteiger partial charge in [-0.2, -0.15) is 0 Å². The van der Waals surface area contributed by atoms with Crippen molar-refractivity contribution in [1.29, 1.82) is 0 Å². The van der Waals surface area contributed by atoms with Crippen LogP contribution in [0.25, 0.3) is 0 Å². The van der Waals surface area contributed by atoms with Crippen LogP contribution in [0.3, 0.4) is 0 Å². The highest BCUT2D eigenvalue weighted by atomic mass is 16.5. The van der Waals surface area contributed by atoms with Crippen LogP contribution in [-0.4, -0.2) is 55.6 Å². The van der Waals surface area contributed by atoms with E-state index in [-0.39, 0.29) is 17.9 Å². The van der Waals surface area contributed by atoms with E-state index in [1.807, 2.05) is 6.92 Å². The Morgan fingerprint density at radius 3 is 2.67 bits per heavy atom. The molecule has 0 radical (unpaired) electrons. The molecule has 6 nitrogen and oxygen atoms in total. The number of hydrogen-bond donors (Lipinski definition) is 2. The van der Waals surface area contributed by atoms with Gasteiger partial charge < -0.3 is 20.7 Å². The summed E-state index contributed by atoms with van der Waals surface area (Å²) >= 11 is 0. The predicted molar refractivity (Wildman–Crippen MR) is 67.9 cm³/mol. The number of carbonyl (C=O) groups is 2. The molecule has 2 amide bonds. The van der Waals surface area contributed by atoms with Crippen LogP contribution >= 0.6 is 0 Å². The van der Waals surface area contributed by atoms with Gasteiger partial charge in [0.15, 0.2) is 0 Å². The Balaban J connectivity index is 2.12. The van der Waals surface area contributed by atoms with Crippen LogP contribution < -0.4 is 11.1 Å². The van der Waals surface area contributed by atoms with E-state index in [1.54, 1.807) is 4.90 Å². The van der Waals surface area contributed by atoms with Crippen LogP contribution in [-0.2, 0) is 14.3 Å². The lowest BCUT2D eigenvalue weighted by molar-refractivity contribution is -0.135. The van der Waals surface area contributed by atoms with Crippen molar-refractivity contribution in [3.8, 4) is 0 Å². The van der Waals surface area contributed by atoms with Crippen molar-refractivity contribution >= 4 is 11.8 Å². The van der Waals surface area contributed by atoms with Crippen LogP contribution in [0.4, 0.5) is 0 Å². The van der Waals surface area contributed by atoms with E-state index in [2.05, 4.69) is 5.32 Å². The van der Waals surface area contributed by atoms with Crippen LogP contribution in [0.1, 0.15) is 26.2 Å². The maximum Gasteiger partial charge on any atom is 0.224 e. The summed E-state index contributed by atoms with van der Waals surface area (Å²) in [5, 5.41) is 2.72. The summed E-state index contributed by atoms with van der Waals surface area (Å²) in [6.07, 6.45) is 1.44. The molecule has 0 aromatic carbocycles. The van der Waals surface area contributed by atoms with Gasteiger partial charge in [0.1, 0.15) is 0 Å². The lowest BCUT2D eigenvalue weighted by atomic mass is 10.1. The average Bonchev–Trinajstić information content (AvgIpc) is 2.39. The van der Waals surface area contributed by atoms with E-state index >= 15 is 0 Å². The number of morpholine rings is 1. The smallest absolute Gasteiger partial charge is 0.224 e. The first-order valence-corrected chi connectivity index (χ1v) is 6.51. The third-order valence-electron chi connectivity index (χ3n) is 3.00. The van der Waals surface area contributed by atoms with Crippen LogP contribution in [0, 0.1) is 0 Å². The van der Waals surface area contributed by atoms with Gasteiger partial charge >= 0.3 is 0 Å². The highest BCUT2D eigenvalue weighted by Gasteiger charge is 2.16. The maximum absolute atomic E-state index is 11.8. The summed E-state index contributed by atoms with van der Waals surface area (Å²) in [7, 11) is 0. The number of hydrogen-bond acceptors (Lipinski definition) is 4. The zero-order valence-corrected chi connectivity index (χ0v) is 11.0. The minimum atomic E-state index is -0.0973. The normalized spacial score (nSPS) is 17.3. The third kappa shape index (κ3) is 5.46. The van der Waals surface area contributed by atoms with Crippen molar-refractivity contribution in [3.63, 3.8) is 0 Å². The van der Waals surface area contributed by atoms with Crippen molar-refractivity contribution in [2.45, 2.75) is 32.2 Å². The van der Waals surface area contributed by atoms with E-state index in [1.165, 1.54) is 0 Å². The van der Waals surface area contributed by atoms with Crippen LogP contribution in [0.15, 0.2) is 0 Å². The van der Waals surface area contributed by atoms with Gasteiger partial charge in [0.05, 0.1) is 13.2 Å². The number of nitrogens with two attached hydrogens (primary N) is 1. The van der Waals surface area contributed by atoms with Gasteiger partial charge in [-0.05, 0) is 6.42 Å². The van der Waals surface area contributed by atoms with Gasteiger partial charge in [-0.25, -0.2) is 0 Å². The van der Waals surface area contributed by atoms with E-state index in [4.69, 9.17) is 10.5 Å². The van der Waals surface area contributed by atoms with Crippen molar-refractivity contribution in [2.75, 3.05) is 32.8 Å². The molecule has 1 fully saturated rings. The Kier molecular flexibility index (Phi) is 6.67. The van der Waals surface area contributed by atoms with E-state index in [0.717, 1.165) is 6.42 Å². The number of amides is 2. The van der Waals surface area contributed by atoms with Crippen molar-refractivity contribution in [3.05, 3.63) is 0 Å². The minimum absolute atomic E-state index is 0.0680. The molecular weight excluding hydrogens is 234 g/mol. The number of rotatable bonds is 6. The molecule has 1 aliphatic heterocycles. The molecule has 1 unspecified atom stereocenters. The van der Waals surface area contributed by atoms with Gasteiger partial charge in [0.2, 0.25) is 11.8 Å². The van der Waals surface area contributed by atoms with Crippen molar-refractivity contribution in [2.24, 2.45) is 5.73 Å². The Morgan fingerprint density at radius 2 is 2.06 bits per heavy atom. The minimum Gasteiger partial charge on any atom is -0.378 e. The first kappa shape index (κ1) is 14.9. The molecule has 1 atom stereocenters. The van der Waals surface area contributed by atoms with Crippen molar-refractivity contribution < 1.29 is 14.3 Å². The molecule has 6 heteroatoms. The molecule has 3 N–H and O–H groups in total. The summed E-state index contributed by atoms with van der Waals surface area (Å²) in [5.41, 5.74) is 5.67. The van der Waals surface area contributed by atoms with Gasteiger partial charge in [-0.1, -0.05) is 6.92 Å². The number of nitrogens with one attached hydrogen (secondary N) is 1. The summed E-state index contributed by atoms with van der Waals surface area (Å²) in [4.78, 5) is 25.0. The molecule has 0 aromatic rings. The Morgan fingerprint density at radius 1 is 1.39 bits per heavy atom. The molecule has 1 saturated heterocycles. The summed E-state index contributed by atoms with van der Waals surface area (Å²) < 4.78 is 5.17. The number of carbonyl (C=O) groups excluding carboxylic acids is 2. The molecule has 1 heterocycles. The fraction of sp³-hybridized carbons (Fsp3) is 0.833. The molecule has 0 bridgehead atoms. The second-order valence-corrected chi connectivity index (χ2v) is 4.47. The maximum atomic E-state index is 11.8. The van der Waals surface area contributed by atoms with Gasteiger partial charge in [-0.15, -0.1) is 0 Å². The lowest BCUT2D eigenvalue weighted by Gasteiger charge is -2.26. The van der Waals surface area contributed by atoms with Gasteiger partial charge in [0.25, 0.3) is 0 Å². The topological polar surface area (TPSA) is 84.7 Å². The molecule has 0 aromatic heterocycles. The summed E-state index contributed by atoms with van der Waals surface area (Å²) in [5.74, 6) is -0.0162. The molecule has 0 spiro atoms. The number of nitrogens with zero attached hydrogens (tertiary/aromatic N) is 1. The highest BCUT2D eigenvalue weighted by molar-refractivity contribution is 5.79. The van der Waals surface area contributed by atoms with Crippen molar-refractivity contribution in [1.82, 2.24) is 10.2 Å². The van der Waals surface area contributed by atoms with Crippen LogP contribution in [0.2, 0.25) is 0 Å².